The molecule has 0 radical (unpaired) electrons. The number of rotatable bonds is 4. The number of benzene rings is 2. The van der Waals surface area contributed by atoms with E-state index in [0.717, 1.165) is 30.1 Å². The fourth-order valence-electron chi connectivity index (χ4n) is 3.58. The van der Waals surface area contributed by atoms with Crippen LogP contribution >= 0.6 is 0 Å². The minimum atomic E-state index is -0.172. The van der Waals surface area contributed by atoms with Crippen molar-refractivity contribution in [3.8, 4) is 22.8 Å². The molecule has 1 amide bonds. The Morgan fingerprint density at radius 1 is 1.00 bits per heavy atom. The molecule has 2 aliphatic heterocycles. The smallest absolute Gasteiger partial charge is 0.256 e. The molecule has 1 aromatic heterocycles. The van der Waals surface area contributed by atoms with Crippen LogP contribution in [0.25, 0.3) is 11.3 Å². The highest BCUT2D eigenvalue weighted by atomic mass is 16.7. The molecule has 3 aromatic rings. The molecule has 0 bridgehead atoms. The number of nitrogens with zero attached hydrogens (tertiary/aromatic N) is 2. The molecule has 7 heteroatoms. The number of aromatic amines is 1. The van der Waals surface area contributed by atoms with Crippen molar-refractivity contribution in [2.24, 2.45) is 0 Å². The van der Waals surface area contributed by atoms with E-state index in [1.165, 1.54) is 18.5 Å². The lowest BCUT2D eigenvalue weighted by Gasteiger charge is -2.17. The van der Waals surface area contributed by atoms with Gasteiger partial charge in [0.1, 0.15) is 5.82 Å². The number of H-pyrrole nitrogens is 1. The Morgan fingerprint density at radius 3 is 2.61 bits per heavy atom. The molecule has 1 saturated heterocycles. The number of fused-ring (bicyclic) bond motifs is 1. The predicted molar refractivity (Wildman–Crippen MR) is 106 cm³/mol. The lowest BCUT2D eigenvalue weighted by molar-refractivity contribution is 0.102. The summed E-state index contributed by atoms with van der Waals surface area (Å²) in [5.41, 5.74) is 3.39. The highest BCUT2D eigenvalue weighted by molar-refractivity contribution is 6.04. The average molecular weight is 376 g/mol. The number of hydrogen-bond acceptors (Lipinski definition) is 5. The van der Waals surface area contributed by atoms with Gasteiger partial charge in [0.05, 0.1) is 5.69 Å². The molecule has 0 unspecified atom stereocenters. The monoisotopic (exact) mass is 376 g/mol. The first-order valence-electron chi connectivity index (χ1n) is 9.38. The average Bonchev–Trinajstić information content (AvgIpc) is 3.48. The van der Waals surface area contributed by atoms with Crippen molar-refractivity contribution in [2.45, 2.75) is 12.8 Å². The Bertz CT molecular complexity index is 1010. The Balaban J connectivity index is 1.28. The van der Waals surface area contributed by atoms with Crippen molar-refractivity contribution >= 4 is 17.4 Å². The first-order valence-corrected chi connectivity index (χ1v) is 9.38. The fourth-order valence-corrected chi connectivity index (χ4v) is 3.58. The maximum atomic E-state index is 12.5. The van der Waals surface area contributed by atoms with Crippen LogP contribution in [-0.4, -0.2) is 36.0 Å². The molecule has 5 rings (SSSR count). The van der Waals surface area contributed by atoms with E-state index in [2.05, 4.69) is 20.4 Å². The van der Waals surface area contributed by atoms with Gasteiger partial charge in [-0.05, 0) is 55.3 Å². The molecule has 0 saturated carbocycles. The van der Waals surface area contributed by atoms with Crippen LogP contribution in [0, 0.1) is 0 Å². The van der Waals surface area contributed by atoms with Crippen LogP contribution in [-0.2, 0) is 0 Å². The first-order chi connectivity index (χ1) is 13.8. The van der Waals surface area contributed by atoms with Gasteiger partial charge in [-0.1, -0.05) is 0 Å². The van der Waals surface area contributed by atoms with Gasteiger partial charge in [-0.2, -0.15) is 5.10 Å². The van der Waals surface area contributed by atoms with E-state index in [9.17, 15) is 4.79 Å². The fraction of sp³-hybridized carbons (Fsp3) is 0.238. The van der Waals surface area contributed by atoms with Crippen LogP contribution in [0.5, 0.6) is 11.5 Å². The molecule has 2 aliphatic rings. The van der Waals surface area contributed by atoms with Crippen molar-refractivity contribution < 1.29 is 14.3 Å². The van der Waals surface area contributed by atoms with Gasteiger partial charge in [-0.15, -0.1) is 0 Å². The quantitative estimate of drug-likeness (QED) is 0.726. The number of carbonyl (C=O) groups excluding carboxylic acids is 1. The SMILES string of the molecule is O=C(Nc1cc(-c2ccc3c(c2)OCO3)n[nH]1)c1ccc(N2CCCC2)cc1. The molecule has 1 fully saturated rings. The molecule has 28 heavy (non-hydrogen) atoms. The summed E-state index contributed by atoms with van der Waals surface area (Å²) < 4.78 is 10.7. The molecular weight excluding hydrogens is 356 g/mol. The van der Waals surface area contributed by atoms with Gasteiger partial charge in [0.25, 0.3) is 5.91 Å². The topological polar surface area (TPSA) is 79.5 Å². The zero-order chi connectivity index (χ0) is 18.9. The number of hydrogen-bond donors (Lipinski definition) is 2. The number of aromatic nitrogens is 2. The summed E-state index contributed by atoms with van der Waals surface area (Å²) in [5.74, 6) is 1.80. The van der Waals surface area contributed by atoms with Crippen LogP contribution in [0.3, 0.4) is 0 Å². The Hall–Kier alpha value is -3.48. The number of carbonyl (C=O) groups is 1. The van der Waals surface area contributed by atoms with Crippen molar-refractivity contribution in [3.63, 3.8) is 0 Å². The third-order valence-corrected chi connectivity index (χ3v) is 5.10. The first kappa shape index (κ1) is 16.7. The van der Waals surface area contributed by atoms with Gasteiger partial charge in [-0.25, -0.2) is 0 Å². The zero-order valence-electron chi connectivity index (χ0n) is 15.3. The van der Waals surface area contributed by atoms with E-state index in [1.54, 1.807) is 6.07 Å². The Morgan fingerprint density at radius 2 is 1.79 bits per heavy atom. The third kappa shape index (κ3) is 3.15. The molecule has 2 aromatic carbocycles. The van der Waals surface area contributed by atoms with Gasteiger partial charge in [0.2, 0.25) is 6.79 Å². The predicted octanol–water partition coefficient (Wildman–Crippen LogP) is 3.66. The molecule has 0 atom stereocenters. The second kappa shape index (κ2) is 6.92. The van der Waals surface area contributed by atoms with Crippen molar-refractivity contribution in [1.29, 1.82) is 0 Å². The van der Waals surface area contributed by atoms with Crippen molar-refractivity contribution in [1.82, 2.24) is 10.2 Å². The summed E-state index contributed by atoms with van der Waals surface area (Å²) in [4.78, 5) is 14.9. The van der Waals surface area contributed by atoms with Gasteiger partial charge >= 0.3 is 0 Å². The molecule has 142 valence electrons. The lowest BCUT2D eigenvalue weighted by atomic mass is 10.1. The van der Waals surface area contributed by atoms with Crippen molar-refractivity contribution in [3.05, 3.63) is 54.1 Å². The number of ether oxygens (including phenoxy) is 2. The zero-order valence-corrected chi connectivity index (χ0v) is 15.3. The summed E-state index contributed by atoms with van der Waals surface area (Å²) in [6, 6.07) is 15.2. The number of anilines is 2. The van der Waals surface area contributed by atoms with Crippen LogP contribution in [0.1, 0.15) is 23.2 Å². The van der Waals surface area contributed by atoms with E-state index in [-0.39, 0.29) is 12.7 Å². The van der Waals surface area contributed by atoms with Crippen LogP contribution in [0.4, 0.5) is 11.5 Å². The highest BCUT2D eigenvalue weighted by Gasteiger charge is 2.16. The van der Waals surface area contributed by atoms with E-state index in [1.807, 2.05) is 42.5 Å². The van der Waals surface area contributed by atoms with Gasteiger partial charge < -0.3 is 19.7 Å². The number of amides is 1. The summed E-state index contributed by atoms with van der Waals surface area (Å²) in [7, 11) is 0. The van der Waals surface area contributed by atoms with Crippen molar-refractivity contribution in [2.75, 3.05) is 30.1 Å². The minimum Gasteiger partial charge on any atom is -0.454 e. The second-order valence-electron chi connectivity index (χ2n) is 6.93. The normalized spacial score (nSPS) is 15.1. The van der Waals surface area contributed by atoms with Gasteiger partial charge in [0, 0.05) is 36.0 Å². The third-order valence-electron chi connectivity index (χ3n) is 5.10. The standard InChI is InChI=1S/C21H20N4O3/c26-21(14-3-6-16(7-4-14)25-9-1-2-10-25)22-20-12-17(23-24-20)15-5-8-18-19(11-15)28-13-27-18/h3-8,11-12H,1-2,9-10,13H2,(H2,22,23,24,26). The van der Waals surface area contributed by atoms with Gasteiger partial charge in [0.15, 0.2) is 11.5 Å². The van der Waals surface area contributed by atoms with Crippen LogP contribution in [0.15, 0.2) is 48.5 Å². The maximum Gasteiger partial charge on any atom is 0.256 e. The maximum absolute atomic E-state index is 12.5. The highest BCUT2D eigenvalue weighted by Crippen LogP contribution is 2.35. The van der Waals surface area contributed by atoms with E-state index in [4.69, 9.17) is 9.47 Å². The van der Waals surface area contributed by atoms with E-state index in [0.29, 0.717) is 17.1 Å². The molecule has 3 heterocycles. The summed E-state index contributed by atoms with van der Waals surface area (Å²) >= 11 is 0. The largest absolute Gasteiger partial charge is 0.454 e. The van der Waals surface area contributed by atoms with E-state index < -0.39 is 0 Å². The Labute approximate surface area is 162 Å². The molecule has 0 aliphatic carbocycles. The summed E-state index contributed by atoms with van der Waals surface area (Å²) in [6.45, 7) is 2.40. The Kier molecular flexibility index (Phi) is 4.12. The van der Waals surface area contributed by atoms with Gasteiger partial charge in [-0.3, -0.25) is 9.89 Å². The summed E-state index contributed by atoms with van der Waals surface area (Å²) in [5, 5.41) is 10.0. The molecule has 0 spiro atoms. The molecule has 2 N–H and O–H groups in total. The van der Waals surface area contributed by atoms with E-state index >= 15 is 0 Å². The second-order valence-corrected chi connectivity index (χ2v) is 6.93. The summed E-state index contributed by atoms with van der Waals surface area (Å²) in [6.07, 6.45) is 2.46. The number of nitrogens with one attached hydrogen (secondary N) is 2. The van der Waals surface area contributed by atoms with Crippen LogP contribution < -0.4 is 19.7 Å². The lowest BCUT2D eigenvalue weighted by Crippen LogP contribution is -2.18. The molecule has 7 nitrogen and oxygen atoms in total. The minimum absolute atomic E-state index is 0.172. The molecular formula is C21H20N4O3. The van der Waals surface area contributed by atoms with Crippen LogP contribution in [0.2, 0.25) is 0 Å².